The van der Waals surface area contributed by atoms with Crippen molar-refractivity contribution in [2.45, 2.75) is 27.2 Å². The minimum atomic E-state index is -0.103. The SMILES string of the molecule is CCNC(=NCCOc1cccc(NC(C)=O)c1)N1CCN(c2nc(CC)ns2)CC1. The number of hydrogen-bond donors (Lipinski definition) is 2. The third-order valence-electron chi connectivity index (χ3n) is 4.73. The Kier molecular flexibility index (Phi) is 8.45. The first kappa shape index (κ1) is 22.8. The number of benzene rings is 1. The van der Waals surface area contributed by atoms with Crippen molar-refractivity contribution in [1.29, 1.82) is 0 Å². The molecule has 10 heteroatoms. The van der Waals surface area contributed by atoms with Crippen molar-refractivity contribution in [2.24, 2.45) is 4.99 Å². The summed E-state index contributed by atoms with van der Waals surface area (Å²) >= 11 is 1.48. The van der Waals surface area contributed by atoms with Gasteiger partial charge in [-0.15, -0.1) is 0 Å². The zero-order valence-corrected chi connectivity index (χ0v) is 19.2. The van der Waals surface area contributed by atoms with Gasteiger partial charge in [0.1, 0.15) is 18.2 Å². The summed E-state index contributed by atoms with van der Waals surface area (Å²) in [5.74, 6) is 2.43. The predicted molar refractivity (Wildman–Crippen MR) is 125 cm³/mol. The largest absolute Gasteiger partial charge is 0.492 e. The van der Waals surface area contributed by atoms with E-state index in [1.54, 1.807) is 0 Å². The molecule has 1 aliphatic rings. The Morgan fingerprint density at radius 1 is 1.26 bits per heavy atom. The smallest absolute Gasteiger partial charge is 0.221 e. The Bertz CT molecular complexity index is 878. The van der Waals surface area contributed by atoms with Crippen LogP contribution < -0.4 is 20.3 Å². The number of carbonyl (C=O) groups excluding carboxylic acids is 1. The lowest BCUT2D eigenvalue weighted by Gasteiger charge is -2.36. The number of aryl methyl sites for hydroxylation is 1. The maximum absolute atomic E-state index is 11.2. The monoisotopic (exact) mass is 445 g/mol. The maximum atomic E-state index is 11.2. The van der Waals surface area contributed by atoms with Crippen molar-refractivity contribution in [3.8, 4) is 5.75 Å². The Morgan fingerprint density at radius 2 is 2.06 bits per heavy atom. The maximum Gasteiger partial charge on any atom is 0.221 e. The molecule has 0 bridgehead atoms. The first-order valence-electron chi connectivity index (χ1n) is 10.7. The molecule has 1 aromatic heterocycles. The van der Waals surface area contributed by atoms with E-state index in [2.05, 4.69) is 43.6 Å². The van der Waals surface area contributed by atoms with Gasteiger partial charge in [-0.05, 0) is 19.1 Å². The van der Waals surface area contributed by atoms with Gasteiger partial charge in [-0.25, -0.2) is 9.98 Å². The molecule has 168 valence electrons. The number of rotatable bonds is 8. The van der Waals surface area contributed by atoms with E-state index in [0.29, 0.717) is 18.9 Å². The number of aromatic nitrogens is 2. The minimum absolute atomic E-state index is 0.103. The zero-order chi connectivity index (χ0) is 22.1. The number of carbonyl (C=O) groups is 1. The standard InChI is InChI=1S/C21H31N7O2S/c1-4-19-25-21(31-26-19)28-12-10-27(11-13-28)20(22-5-2)23-9-14-30-18-8-6-7-17(15-18)24-16(3)29/h6-8,15H,4-5,9-14H2,1-3H3,(H,22,23)(H,24,29). The predicted octanol–water partition coefficient (Wildman–Crippen LogP) is 2.23. The number of hydrogen-bond acceptors (Lipinski definition) is 7. The van der Waals surface area contributed by atoms with Crippen LogP contribution in [0.25, 0.3) is 0 Å². The highest BCUT2D eigenvalue weighted by molar-refractivity contribution is 7.09. The Labute approximate surface area is 187 Å². The molecule has 0 unspecified atom stereocenters. The fourth-order valence-corrected chi connectivity index (χ4v) is 4.04. The number of anilines is 2. The van der Waals surface area contributed by atoms with Crippen molar-refractivity contribution in [2.75, 3.05) is 56.1 Å². The summed E-state index contributed by atoms with van der Waals surface area (Å²) in [4.78, 5) is 25.1. The Hall–Kier alpha value is -2.88. The number of aliphatic imine (C=N–C) groups is 1. The summed E-state index contributed by atoms with van der Waals surface area (Å²) in [7, 11) is 0. The molecule has 9 nitrogen and oxygen atoms in total. The van der Waals surface area contributed by atoms with Gasteiger partial charge in [0, 0.05) is 69.4 Å². The third kappa shape index (κ3) is 6.81. The summed E-state index contributed by atoms with van der Waals surface area (Å²) in [5.41, 5.74) is 0.723. The van der Waals surface area contributed by atoms with Crippen LogP contribution in [0.15, 0.2) is 29.3 Å². The van der Waals surface area contributed by atoms with Gasteiger partial charge < -0.3 is 25.2 Å². The fraction of sp³-hybridized carbons (Fsp3) is 0.524. The topological polar surface area (TPSA) is 95.0 Å². The lowest BCUT2D eigenvalue weighted by molar-refractivity contribution is -0.114. The molecule has 0 saturated carbocycles. The number of ether oxygens (including phenoxy) is 1. The second-order valence-electron chi connectivity index (χ2n) is 7.11. The van der Waals surface area contributed by atoms with Gasteiger partial charge in [-0.1, -0.05) is 13.0 Å². The molecule has 0 atom stereocenters. The Balaban J connectivity index is 1.49. The molecule has 1 fully saturated rings. The quantitative estimate of drug-likeness (QED) is 0.365. The number of guanidine groups is 1. The molecule has 1 aromatic carbocycles. The van der Waals surface area contributed by atoms with Crippen LogP contribution in [0.4, 0.5) is 10.8 Å². The van der Waals surface area contributed by atoms with Crippen molar-refractivity contribution < 1.29 is 9.53 Å². The fourth-order valence-electron chi connectivity index (χ4n) is 3.23. The molecule has 3 rings (SSSR count). The van der Waals surface area contributed by atoms with Crippen LogP contribution in [-0.2, 0) is 11.2 Å². The van der Waals surface area contributed by atoms with E-state index in [0.717, 1.165) is 61.7 Å². The van der Waals surface area contributed by atoms with Gasteiger partial charge in [0.15, 0.2) is 5.96 Å². The van der Waals surface area contributed by atoms with Crippen LogP contribution in [0.5, 0.6) is 5.75 Å². The van der Waals surface area contributed by atoms with E-state index in [4.69, 9.17) is 9.73 Å². The highest BCUT2D eigenvalue weighted by Gasteiger charge is 2.22. The van der Waals surface area contributed by atoms with Gasteiger partial charge in [-0.2, -0.15) is 4.37 Å². The number of piperazine rings is 1. The summed E-state index contributed by atoms with van der Waals surface area (Å²) < 4.78 is 10.2. The molecule has 1 amide bonds. The van der Waals surface area contributed by atoms with E-state index < -0.39 is 0 Å². The highest BCUT2D eigenvalue weighted by Crippen LogP contribution is 2.19. The third-order valence-corrected chi connectivity index (χ3v) is 5.55. The van der Waals surface area contributed by atoms with Crippen LogP contribution in [0.1, 0.15) is 26.6 Å². The number of nitrogens with zero attached hydrogens (tertiary/aromatic N) is 5. The number of amides is 1. The molecule has 0 aliphatic carbocycles. The van der Waals surface area contributed by atoms with E-state index in [-0.39, 0.29) is 5.91 Å². The van der Waals surface area contributed by atoms with Crippen molar-refractivity contribution in [1.82, 2.24) is 19.6 Å². The van der Waals surface area contributed by atoms with Crippen molar-refractivity contribution >= 4 is 34.2 Å². The molecule has 2 N–H and O–H groups in total. The van der Waals surface area contributed by atoms with E-state index in [1.807, 2.05) is 24.3 Å². The van der Waals surface area contributed by atoms with Gasteiger partial charge in [-0.3, -0.25) is 4.79 Å². The van der Waals surface area contributed by atoms with Gasteiger partial charge in [0.25, 0.3) is 0 Å². The molecule has 1 saturated heterocycles. The molecule has 1 aliphatic heterocycles. The molecule has 0 radical (unpaired) electrons. The first-order valence-corrected chi connectivity index (χ1v) is 11.5. The van der Waals surface area contributed by atoms with Crippen LogP contribution in [0.2, 0.25) is 0 Å². The molecule has 2 heterocycles. The Morgan fingerprint density at radius 3 is 2.74 bits per heavy atom. The summed E-state index contributed by atoms with van der Waals surface area (Å²) in [6.07, 6.45) is 0.868. The van der Waals surface area contributed by atoms with E-state index in [1.165, 1.54) is 18.5 Å². The number of nitrogens with one attached hydrogen (secondary N) is 2. The molecule has 31 heavy (non-hydrogen) atoms. The summed E-state index contributed by atoms with van der Waals surface area (Å²) in [6.45, 7) is 11.0. The summed E-state index contributed by atoms with van der Waals surface area (Å²) in [5, 5.41) is 7.15. The van der Waals surface area contributed by atoms with Crippen LogP contribution >= 0.6 is 11.5 Å². The average molecular weight is 446 g/mol. The second-order valence-corrected chi connectivity index (χ2v) is 7.84. The van der Waals surface area contributed by atoms with Gasteiger partial charge in [0.05, 0.1) is 6.54 Å². The zero-order valence-electron chi connectivity index (χ0n) is 18.4. The molecular formula is C21H31N7O2S. The van der Waals surface area contributed by atoms with Gasteiger partial charge in [0.2, 0.25) is 11.0 Å². The second kappa shape index (κ2) is 11.5. The normalized spacial score (nSPS) is 14.5. The minimum Gasteiger partial charge on any atom is -0.492 e. The first-order chi connectivity index (χ1) is 15.1. The molecule has 0 spiro atoms. The molecular weight excluding hydrogens is 414 g/mol. The lowest BCUT2D eigenvalue weighted by Crippen LogP contribution is -2.52. The van der Waals surface area contributed by atoms with Crippen molar-refractivity contribution in [3.05, 3.63) is 30.1 Å². The highest BCUT2D eigenvalue weighted by atomic mass is 32.1. The lowest BCUT2D eigenvalue weighted by atomic mass is 10.3. The average Bonchev–Trinajstić information content (AvgIpc) is 3.25. The van der Waals surface area contributed by atoms with Crippen LogP contribution in [0, 0.1) is 0 Å². The van der Waals surface area contributed by atoms with Gasteiger partial charge >= 0.3 is 0 Å². The summed E-state index contributed by atoms with van der Waals surface area (Å²) in [6, 6.07) is 7.37. The van der Waals surface area contributed by atoms with E-state index in [9.17, 15) is 4.79 Å². The van der Waals surface area contributed by atoms with E-state index >= 15 is 0 Å². The van der Waals surface area contributed by atoms with Crippen LogP contribution in [-0.4, -0.2) is 72.0 Å². The molecule has 2 aromatic rings. The van der Waals surface area contributed by atoms with Crippen molar-refractivity contribution in [3.63, 3.8) is 0 Å². The van der Waals surface area contributed by atoms with Crippen LogP contribution in [0.3, 0.4) is 0 Å².